The van der Waals surface area contributed by atoms with Gasteiger partial charge in [-0.15, -0.1) is 0 Å². The minimum Gasteiger partial charge on any atom is -0.282 e. The van der Waals surface area contributed by atoms with Crippen LogP contribution in [0.5, 0.6) is 0 Å². The molecule has 1 aromatic heterocycles. The summed E-state index contributed by atoms with van der Waals surface area (Å²) in [5.41, 5.74) is 6.92. The number of benzene rings is 2. The molecule has 0 bridgehead atoms. The highest BCUT2D eigenvalue weighted by atomic mass is 15.1. The molecule has 2 aromatic carbocycles. The third-order valence-corrected chi connectivity index (χ3v) is 3.64. The van der Waals surface area contributed by atoms with Crippen molar-refractivity contribution >= 4 is 11.6 Å². The molecule has 0 radical (unpaired) electrons. The Labute approximate surface area is 125 Å². The Morgan fingerprint density at radius 2 is 1.38 bits per heavy atom. The number of hydrogen-bond donors (Lipinski definition) is 1. The SMILES string of the molecule is Cc1n[nH]c(C)c1C=C(c1ccccc1)c1ccccc1. The summed E-state index contributed by atoms with van der Waals surface area (Å²) in [6, 6.07) is 20.9. The van der Waals surface area contributed by atoms with Crippen molar-refractivity contribution in [1.29, 1.82) is 0 Å². The maximum absolute atomic E-state index is 4.29. The summed E-state index contributed by atoms with van der Waals surface area (Å²) >= 11 is 0. The highest BCUT2D eigenvalue weighted by Gasteiger charge is 2.09. The fourth-order valence-corrected chi connectivity index (χ4v) is 2.49. The van der Waals surface area contributed by atoms with Gasteiger partial charge < -0.3 is 0 Å². The molecule has 0 saturated heterocycles. The second-order valence-electron chi connectivity index (χ2n) is 5.14. The standard InChI is InChI=1S/C19H18N2/c1-14-18(15(2)21-20-14)13-19(16-9-5-3-6-10-16)17-11-7-4-8-12-17/h3-13H,1-2H3,(H,20,21). The van der Waals surface area contributed by atoms with Crippen LogP contribution in [0.4, 0.5) is 0 Å². The largest absolute Gasteiger partial charge is 0.282 e. The smallest absolute Gasteiger partial charge is 0.0666 e. The molecule has 3 rings (SSSR count). The molecule has 1 heterocycles. The normalized spacial score (nSPS) is 10.4. The Bertz CT molecular complexity index is 692. The summed E-state index contributed by atoms with van der Waals surface area (Å²) in [5.74, 6) is 0. The molecule has 0 saturated carbocycles. The topological polar surface area (TPSA) is 28.7 Å². The number of aryl methyl sites for hydroxylation is 2. The van der Waals surface area contributed by atoms with Crippen LogP contribution >= 0.6 is 0 Å². The average Bonchev–Trinajstić information content (AvgIpc) is 2.85. The van der Waals surface area contributed by atoms with Crippen molar-refractivity contribution in [3.05, 3.63) is 88.7 Å². The van der Waals surface area contributed by atoms with Crippen LogP contribution in [0.3, 0.4) is 0 Å². The van der Waals surface area contributed by atoms with Gasteiger partial charge in [-0.05, 0) is 36.6 Å². The Kier molecular flexibility index (Phi) is 3.69. The number of nitrogens with zero attached hydrogens (tertiary/aromatic N) is 1. The van der Waals surface area contributed by atoms with Crippen LogP contribution in [-0.2, 0) is 0 Å². The minimum atomic E-state index is 1.02. The van der Waals surface area contributed by atoms with Crippen molar-refractivity contribution in [2.75, 3.05) is 0 Å². The quantitative estimate of drug-likeness (QED) is 0.742. The molecule has 1 N–H and O–H groups in total. The monoisotopic (exact) mass is 274 g/mol. The lowest BCUT2D eigenvalue weighted by atomic mass is 9.95. The van der Waals surface area contributed by atoms with Crippen molar-refractivity contribution < 1.29 is 0 Å². The zero-order valence-corrected chi connectivity index (χ0v) is 12.3. The van der Waals surface area contributed by atoms with Crippen LogP contribution in [0.25, 0.3) is 11.6 Å². The molecule has 0 fully saturated rings. The van der Waals surface area contributed by atoms with Crippen LogP contribution in [0.1, 0.15) is 28.1 Å². The molecule has 0 atom stereocenters. The molecule has 0 amide bonds. The van der Waals surface area contributed by atoms with Crippen molar-refractivity contribution in [2.45, 2.75) is 13.8 Å². The van der Waals surface area contributed by atoms with Gasteiger partial charge in [0.2, 0.25) is 0 Å². The predicted molar refractivity (Wildman–Crippen MR) is 87.9 cm³/mol. The van der Waals surface area contributed by atoms with E-state index in [1.807, 2.05) is 19.1 Å². The zero-order valence-electron chi connectivity index (χ0n) is 12.3. The molecular weight excluding hydrogens is 256 g/mol. The summed E-state index contributed by atoms with van der Waals surface area (Å²) in [4.78, 5) is 0. The van der Waals surface area contributed by atoms with Gasteiger partial charge in [0.15, 0.2) is 0 Å². The molecule has 3 aromatic rings. The molecule has 0 aliphatic rings. The second-order valence-corrected chi connectivity index (χ2v) is 5.14. The van der Waals surface area contributed by atoms with Crippen LogP contribution in [-0.4, -0.2) is 10.2 Å². The van der Waals surface area contributed by atoms with E-state index in [1.54, 1.807) is 0 Å². The van der Waals surface area contributed by atoms with E-state index in [2.05, 4.69) is 71.7 Å². The van der Waals surface area contributed by atoms with Crippen molar-refractivity contribution in [1.82, 2.24) is 10.2 Å². The van der Waals surface area contributed by atoms with Crippen molar-refractivity contribution in [2.24, 2.45) is 0 Å². The number of hydrogen-bond acceptors (Lipinski definition) is 1. The second kappa shape index (κ2) is 5.80. The highest BCUT2D eigenvalue weighted by molar-refractivity contribution is 5.92. The molecule has 104 valence electrons. The van der Waals surface area contributed by atoms with E-state index in [1.165, 1.54) is 16.7 Å². The molecule has 2 nitrogen and oxygen atoms in total. The van der Waals surface area contributed by atoms with E-state index in [4.69, 9.17) is 0 Å². The van der Waals surface area contributed by atoms with Gasteiger partial charge in [-0.2, -0.15) is 5.10 Å². The van der Waals surface area contributed by atoms with E-state index in [0.29, 0.717) is 0 Å². The molecule has 0 unspecified atom stereocenters. The number of aromatic nitrogens is 2. The van der Waals surface area contributed by atoms with Gasteiger partial charge in [0.05, 0.1) is 5.69 Å². The van der Waals surface area contributed by atoms with Crippen LogP contribution < -0.4 is 0 Å². The van der Waals surface area contributed by atoms with Gasteiger partial charge in [-0.25, -0.2) is 0 Å². The molecule has 2 heteroatoms. The maximum Gasteiger partial charge on any atom is 0.0666 e. The van der Waals surface area contributed by atoms with E-state index in [9.17, 15) is 0 Å². The molecule has 0 aliphatic carbocycles. The van der Waals surface area contributed by atoms with Gasteiger partial charge in [0.25, 0.3) is 0 Å². The van der Waals surface area contributed by atoms with Gasteiger partial charge in [-0.1, -0.05) is 60.7 Å². The summed E-state index contributed by atoms with van der Waals surface area (Å²) in [6.45, 7) is 4.09. The van der Waals surface area contributed by atoms with Crippen LogP contribution in [0, 0.1) is 13.8 Å². The van der Waals surface area contributed by atoms with Crippen molar-refractivity contribution in [3.63, 3.8) is 0 Å². The lowest BCUT2D eigenvalue weighted by molar-refractivity contribution is 1.02. The third-order valence-electron chi connectivity index (χ3n) is 3.64. The van der Waals surface area contributed by atoms with Crippen LogP contribution in [0.15, 0.2) is 60.7 Å². The first kappa shape index (κ1) is 13.4. The van der Waals surface area contributed by atoms with E-state index < -0.39 is 0 Å². The number of rotatable bonds is 3. The lowest BCUT2D eigenvalue weighted by Gasteiger charge is -2.09. The molecule has 0 aliphatic heterocycles. The first-order valence-electron chi connectivity index (χ1n) is 7.10. The first-order chi connectivity index (χ1) is 10.3. The zero-order chi connectivity index (χ0) is 14.7. The summed E-state index contributed by atoms with van der Waals surface area (Å²) in [7, 11) is 0. The van der Waals surface area contributed by atoms with Crippen molar-refractivity contribution in [3.8, 4) is 0 Å². The minimum absolute atomic E-state index is 1.02. The summed E-state index contributed by atoms with van der Waals surface area (Å²) in [5, 5.41) is 7.34. The molecule has 0 spiro atoms. The summed E-state index contributed by atoms with van der Waals surface area (Å²) in [6.07, 6.45) is 2.22. The Balaban J connectivity index is 2.18. The Hall–Kier alpha value is -2.61. The first-order valence-corrected chi connectivity index (χ1v) is 7.10. The van der Waals surface area contributed by atoms with Gasteiger partial charge in [0.1, 0.15) is 0 Å². The molecule has 21 heavy (non-hydrogen) atoms. The number of H-pyrrole nitrogens is 1. The van der Waals surface area contributed by atoms with E-state index in [0.717, 1.165) is 17.0 Å². The van der Waals surface area contributed by atoms with E-state index >= 15 is 0 Å². The van der Waals surface area contributed by atoms with Gasteiger partial charge >= 0.3 is 0 Å². The van der Waals surface area contributed by atoms with Gasteiger partial charge in [-0.3, -0.25) is 5.10 Å². The fourth-order valence-electron chi connectivity index (χ4n) is 2.49. The highest BCUT2D eigenvalue weighted by Crippen LogP contribution is 2.27. The Morgan fingerprint density at radius 1 is 0.857 bits per heavy atom. The molecular formula is C19H18N2. The fraction of sp³-hybridized carbons (Fsp3) is 0.105. The number of nitrogens with one attached hydrogen (secondary N) is 1. The number of aromatic amines is 1. The lowest BCUT2D eigenvalue weighted by Crippen LogP contribution is -1.89. The third kappa shape index (κ3) is 2.79. The predicted octanol–water partition coefficient (Wildman–Crippen LogP) is 4.62. The Morgan fingerprint density at radius 3 is 1.81 bits per heavy atom. The average molecular weight is 274 g/mol. The van der Waals surface area contributed by atoms with Crippen LogP contribution in [0.2, 0.25) is 0 Å². The van der Waals surface area contributed by atoms with E-state index in [-0.39, 0.29) is 0 Å². The van der Waals surface area contributed by atoms with Gasteiger partial charge in [0, 0.05) is 11.3 Å². The maximum atomic E-state index is 4.29. The summed E-state index contributed by atoms with van der Waals surface area (Å²) < 4.78 is 0.